The Morgan fingerprint density at radius 2 is 1.82 bits per heavy atom. The fraction of sp³-hybridized carbons (Fsp3) is 0.429. The third-order valence-corrected chi connectivity index (χ3v) is 3.37. The second kappa shape index (κ2) is 5.62. The van der Waals surface area contributed by atoms with E-state index in [2.05, 4.69) is 0 Å². The first-order valence-electron chi connectivity index (χ1n) is 5.81. The Kier molecular flexibility index (Phi) is 4.44. The van der Waals surface area contributed by atoms with Crippen LogP contribution < -0.4 is 0 Å². The topological polar surface area (TPSA) is 54.4 Å². The van der Waals surface area contributed by atoms with E-state index in [9.17, 15) is 9.59 Å². The second-order valence-electron chi connectivity index (χ2n) is 4.25. The van der Waals surface area contributed by atoms with Crippen molar-refractivity contribution in [3.63, 3.8) is 0 Å². The summed E-state index contributed by atoms with van der Waals surface area (Å²) in [5.41, 5.74) is 0.260. The molecule has 1 aromatic carbocycles. The molecule has 3 nitrogen and oxygen atoms in total. The number of carbonyl (C=O) groups is 2. The molecule has 1 unspecified atom stereocenters. The van der Waals surface area contributed by atoms with Crippen molar-refractivity contribution in [1.29, 1.82) is 0 Å². The van der Waals surface area contributed by atoms with E-state index in [0.717, 1.165) is 5.56 Å². The number of hydrogen-bond donors (Lipinski definition) is 1. The number of Topliss-reactive ketones (excluding diaryl/α,β-unsaturated/α-hetero) is 1. The molecule has 0 bridgehead atoms. The van der Waals surface area contributed by atoms with Crippen LogP contribution in [0.4, 0.5) is 0 Å². The molecule has 1 atom stereocenters. The molecule has 92 valence electrons. The van der Waals surface area contributed by atoms with Crippen LogP contribution in [0.5, 0.6) is 0 Å². The molecule has 1 N–H and O–H groups in total. The molecule has 0 fully saturated rings. The van der Waals surface area contributed by atoms with Gasteiger partial charge in [-0.2, -0.15) is 0 Å². The van der Waals surface area contributed by atoms with E-state index in [-0.39, 0.29) is 12.2 Å². The highest BCUT2D eigenvalue weighted by atomic mass is 16.4. The lowest BCUT2D eigenvalue weighted by Gasteiger charge is -2.30. The SMILES string of the molecule is CCC(CCC(=O)O)(C(C)=O)c1ccccc1. The molecule has 0 aliphatic rings. The van der Waals surface area contributed by atoms with Crippen LogP contribution in [0.3, 0.4) is 0 Å². The summed E-state index contributed by atoms with van der Waals surface area (Å²) in [6, 6.07) is 9.44. The van der Waals surface area contributed by atoms with Crippen molar-refractivity contribution in [2.45, 2.75) is 38.5 Å². The average molecular weight is 234 g/mol. The van der Waals surface area contributed by atoms with E-state index in [1.165, 1.54) is 0 Å². The smallest absolute Gasteiger partial charge is 0.303 e. The van der Waals surface area contributed by atoms with Crippen LogP contribution in [0.25, 0.3) is 0 Å². The molecule has 0 aliphatic carbocycles. The summed E-state index contributed by atoms with van der Waals surface area (Å²) in [5.74, 6) is -0.826. The van der Waals surface area contributed by atoms with Gasteiger partial charge in [0.1, 0.15) is 5.78 Å². The molecule has 1 aromatic rings. The second-order valence-corrected chi connectivity index (χ2v) is 4.25. The first kappa shape index (κ1) is 13.4. The Balaban J connectivity index is 3.09. The van der Waals surface area contributed by atoms with Gasteiger partial charge >= 0.3 is 5.97 Å². The molecule has 0 saturated carbocycles. The summed E-state index contributed by atoms with van der Waals surface area (Å²) in [4.78, 5) is 22.6. The summed E-state index contributed by atoms with van der Waals surface area (Å²) < 4.78 is 0. The lowest BCUT2D eigenvalue weighted by Crippen LogP contribution is -2.34. The van der Waals surface area contributed by atoms with Crippen LogP contribution in [0, 0.1) is 0 Å². The lowest BCUT2D eigenvalue weighted by atomic mass is 9.72. The lowest BCUT2D eigenvalue weighted by molar-refractivity contribution is -0.137. The normalized spacial score (nSPS) is 14.0. The minimum Gasteiger partial charge on any atom is -0.481 e. The molecular formula is C14H18O3. The molecule has 0 aromatic heterocycles. The third kappa shape index (κ3) is 2.93. The molecule has 3 heteroatoms. The van der Waals surface area contributed by atoms with Crippen molar-refractivity contribution in [2.75, 3.05) is 0 Å². The van der Waals surface area contributed by atoms with Crippen molar-refractivity contribution >= 4 is 11.8 Å². The van der Waals surface area contributed by atoms with Crippen molar-refractivity contribution in [2.24, 2.45) is 0 Å². The summed E-state index contributed by atoms with van der Waals surface area (Å²) in [6.07, 6.45) is 1.00. The first-order chi connectivity index (χ1) is 8.03. The fourth-order valence-corrected chi connectivity index (χ4v) is 2.23. The predicted octanol–water partition coefficient (Wildman–Crippen LogP) is 2.79. The van der Waals surface area contributed by atoms with E-state index in [1.54, 1.807) is 6.92 Å². The van der Waals surface area contributed by atoms with Crippen LogP contribution in [0.15, 0.2) is 30.3 Å². The molecular weight excluding hydrogens is 216 g/mol. The minimum atomic E-state index is -0.861. The summed E-state index contributed by atoms with van der Waals surface area (Å²) in [7, 11) is 0. The molecule has 0 aliphatic heterocycles. The Morgan fingerprint density at radius 1 is 1.24 bits per heavy atom. The van der Waals surface area contributed by atoms with Gasteiger partial charge < -0.3 is 5.11 Å². The van der Waals surface area contributed by atoms with Crippen LogP contribution in [-0.2, 0) is 15.0 Å². The van der Waals surface area contributed by atoms with Crippen LogP contribution in [-0.4, -0.2) is 16.9 Å². The van der Waals surface area contributed by atoms with Gasteiger partial charge in [-0.05, 0) is 25.3 Å². The van der Waals surface area contributed by atoms with Crippen LogP contribution >= 0.6 is 0 Å². The highest BCUT2D eigenvalue weighted by molar-refractivity contribution is 5.88. The molecule has 0 spiro atoms. The Bertz CT molecular complexity index is 397. The first-order valence-corrected chi connectivity index (χ1v) is 5.81. The van der Waals surface area contributed by atoms with E-state index in [4.69, 9.17) is 5.11 Å². The van der Waals surface area contributed by atoms with Gasteiger partial charge in [0, 0.05) is 6.42 Å². The number of rotatable bonds is 6. The molecule has 17 heavy (non-hydrogen) atoms. The zero-order chi connectivity index (χ0) is 12.9. The maximum Gasteiger partial charge on any atom is 0.303 e. The predicted molar refractivity (Wildman–Crippen MR) is 66.0 cm³/mol. The summed E-state index contributed by atoms with van der Waals surface area (Å²) >= 11 is 0. The van der Waals surface area contributed by atoms with Crippen LogP contribution in [0.1, 0.15) is 38.7 Å². The van der Waals surface area contributed by atoms with Gasteiger partial charge in [-0.15, -0.1) is 0 Å². The average Bonchev–Trinajstić information content (AvgIpc) is 2.31. The fourth-order valence-electron chi connectivity index (χ4n) is 2.23. The number of carboxylic acids is 1. The number of carbonyl (C=O) groups excluding carboxylic acids is 1. The zero-order valence-corrected chi connectivity index (χ0v) is 10.3. The highest BCUT2D eigenvalue weighted by Gasteiger charge is 2.35. The van der Waals surface area contributed by atoms with Gasteiger partial charge in [0.05, 0.1) is 5.41 Å². The van der Waals surface area contributed by atoms with E-state index >= 15 is 0 Å². The molecule has 0 saturated heterocycles. The van der Waals surface area contributed by atoms with Crippen molar-refractivity contribution < 1.29 is 14.7 Å². The third-order valence-electron chi connectivity index (χ3n) is 3.37. The Morgan fingerprint density at radius 3 is 2.24 bits per heavy atom. The molecule has 0 radical (unpaired) electrons. The molecule has 0 heterocycles. The maximum atomic E-state index is 11.9. The van der Waals surface area contributed by atoms with Crippen molar-refractivity contribution in [3.8, 4) is 0 Å². The van der Waals surface area contributed by atoms with Gasteiger partial charge in [-0.3, -0.25) is 9.59 Å². The number of carboxylic acid groups (broad SMARTS) is 1. The monoisotopic (exact) mass is 234 g/mol. The van der Waals surface area contributed by atoms with Gasteiger partial charge in [-0.1, -0.05) is 37.3 Å². The Labute approximate surface area is 101 Å². The number of aliphatic carboxylic acids is 1. The van der Waals surface area contributed by atoms with Crippen LogP contribution in [0.2, 0.25) is 0 Å². The minimum absolute atomic E-state index is 0.0162. The van der Waals surface area contributed by atoms with E-state index < -0.39 is 11.4 Å². The van der Waals surface area contributed by atoms with Gasteiger partial charge in [0.2, 0.25) is 0 Å². The van der Waals surface area contributed by atoms with Crippen molar-refractivity contribution in [3.05, 3.63) is 35.9 Å². The van der Waals surface area contributed by atoms with Gasteiger partial charge in [-0.25, -0.2) is 0 Å². The number of ketones is 1. The summed E-state index contributed by atoms with van der Waals surface area (Å²) in [5, 5.41) is 8.79. The Hall–Kier alpha value is -1.64. The molecule has 1 rings (SSSR count). The number of hydrogen-bond acceptors (Lipinski definition) is 2. The highest BCUT2D eigenvalue weighted by Crippen LogP contribution is 2.34. The zero-order valence-electron chi connectivity index (χ0n) is 10.3. The maximum absolute atomic E-state index is 11.9. The molecule has 0 amide bonds. The summed E-state index contributed by atoms with van der Waals surface area (Å²) in [6.45, 7) is 3.47. The van der Waals surface area contributed by atoms with E-state index in [0.29, 0.717) is 12.8 Å². The van der Waals surface area contributed by atoms with Gasteiger partial charge in [0.15, 0.2) is 0 Å². The van der Waals surface area contributed by atoms with Crippen molar-refractivity contribution in [1.82, 2.24) is 0 Å². The largest absolute Gasteiger partial charge is 0.481 e. The number of benzene rings is 1. The standard InChI is InChI=1S/C14H18O3/c1-3-14(11(2)15,10-9-13(16)17)12-7-5-4-6-8-12/h4-8H,3,9-10H2,1-2H3,(H,16,17). The van der Waals surface area contributed by atoms with Gasteiger partial charge in [0.25, 0.3) is 0 Å². The quantitative estimate of drug-likeness (QED) is 0.823. The van der Waals surface area contributed by atoms with E-state index in [1.807, 2.05) is 37.3 Å².